The van der Waals surface area contributed by atoms with E-state index in [4.69, 9.17) is 38.9 Å². The fourth-order valence-corrected chi connectivity index (χ4v) is 4.55. The molecule has 10 nitrogen and oxygen atoms in total. The zero-order valence-electron chi connectivity index (χ0n) is 18.5. The summed E-state index contributed by atoms with van der Waals surface area (Å²) in [5.41, 5.74) is 7.80. The Labute approximate surface area is 190 Å². The van der Waals surface area contributed by atoms with Crippen LogP contribution >= 0.6 is 0 Å². The number of nitrogens with two attached hydrogens (primary N) is 1. The highest BCUT2D eigenvalue weighted by Crippen LogP contribution is 2.52. The summed E-state index contributed by atoms with van der Waals surface area (Å²) >= 11 is 0. The van der Waals surface area contributed by atoms with Crippen LogP contribution in [0.5, 0.6) is 28.7 Å². The molecule has 33 heavy (non-hydrogen) atoms. The maximum atomic E-state index is 11.7. The fourth-order valence-electron chi connectivity index (χ4n) is 4.55. The lowest BCUT2D eigenvalue weighted by molar-refractivity contribution is -0.131. The Morgan fingerprint density at radius 1 is 1.03 bits per heavy atom. The van der Waals surface area contributed by atoms with Crippen LogP contribution in [0.15, 0.2) is 24.3 Å². The van der Waals surface area contributed by atoms with Gasteiger partial charge in [-0.15, -0.1) is 0 Å². The topological polar surface area (TPSA) is 125 Å². The van der Waals surface area contributed by atoms with Gasteiger partial charge in [-0.25, -0.2) is 4.79 Å². The van der Waals surface area contributed by atoms with E-state index >= 15 is 0 Å². The lowest BCUT2D eigenvalue weighted by Crippen LogP contribution is -2.32. The zero-order chi connectivity index (χ0) is 23.5. The lowest BCUT2D eigenvalue weighted by Gasteiger charge is -2.37. The molecule has 1 unspecified atom stereocenters. The van der Waals surface area contributed by atoms with Crippen LogP contribution in [0.4, 0.5) is 4.79 Å². The Morgan fingerprint density at radius 2 is 1.67 bits per heavy atom. The summed E-state index contributed by atoms with van der Waals surface area (Å²) in [4.78, 5) is 22.6. The Bertz CT molecular complexity index is 1030. The summed E-state index contributed by atoms with van der Waals surface area (Å²) < 4.78 is 38.2. The van der Waals surface area contributed by atoms with Crippen LogP contribution < -0.4 is 29.4 Å². The summed E-state index contributed by atoms with van der Waals surface area (Å²) in [6.45, 7) is 0.493. The van der Waals surface area contributed by atoms with Gasteiger partial charge in [0.15, 0.2) is 23.0 Å². The van der Waals surface area contributed by atoms with Gasteiger partial charge in [0.2, 0.25) is 12.5 Å². The van der Waals surface area contributed by atoms with E-state index in [-0.39, 0.29) is 25.2 Å². The molecule has 1 aliphatic heterocycles. The largest absolute Gasteiger partial charge is 0.493 e. The van der Waals surface area contributed by atoms with Gasteiger partial charge >= 0.3 is 6.09 Å². The van der Waals surface area contributed by atoms with Crippen LogP contribution in [0.1, 0.15) is 35.1 Å². The summed E-state index contributed by atoms with van der Waals surface area (Å²) in [5, 5.41) is 0. The van der Waals surface area contributed by atoms with Crippen LogP contribution in [0.3, 0.4) is 0 Å². The van der Waals surface area contributed by atoms with Gasteiger partial charge in [0.1, 0.15) is 6.10 Å². The van der Waals surface area contributed by atoms with Crippen molar-refractivity contribution in [2.24, 2.45) is 11.7 Å². The fraction of sp³-hybridized carbons (Fsp3) is 0.391. The number of carbonyl (C=O) groups excluding carboxylic acids is 2. The van der Waals surface area contributed by atoms with Crippen LogP contribution in [-0.4, -0.2) is 47.3 Å². The van der Waals surface area contributed by atoms with Crippen molar-refractivity contribution < 1.29 is 42.7 Å². The molecule has 1 amide bonds. The monoisotopic (exact) mass is 459 g/mol. The van der Waals surface area contributed by atoms with E-state index in [9.17, 15) is 9.59 Å². The lowest BCUT2D eigenvalue weighted by atomic mass is 9.72. The quantitative estimate of drug-likeness (QED) is 0.593. The number of amides is 1. The van der Waals surface area contributed by atoms with Crippen molar-refractivity contribution in [2.45, 2.75) is 18.4 Å². The van der Waals surface area contributed by atoms with E-state index in [0.717, 1.165) is 11.1 Å². The van der Waals surface area contributed by atoms with Gasteiger partial charge in [-0.2, -0.15) is 0 Å². The van der Waals surface area contributed by atoms with E-state index in [0.29, 0.717) is 47.2 Å². The van der Waals surface area contributed by atoms with Gasteiger partial charge in [0.25, 0.3) is 6.47 Å². The highest BCUT2D eigenvalue weighted by Gasteiger charge is 2.40. The number of primary amides is 1. The van der Waals surface area contributed by atoms with Gasteiger partial charge in [-0.1, -0.05) is 0 Å². The minimum atomic E-state index is -0.925. The predicted molar refractivity (Wildman–Crippen MR) is 114 cm³/mol. The molecule has 0 spiro atoms. The van der Waals surface area contributed by atoms with Crippen LogP contribution in [-0.2, 0) is 14.3 Å². The number of rotatable bonds is 8. The maximum Gasteiger partial charge on any atom is 0.405 e. The molecule has 4 rings (SSSR count). The number of methoxy groups -OCH3 is 3. The predicted octanol–water partition coefficient (Wildman–Crippen LogP) is 2.90. The third kappa shape index (κ3) is 4.15. The van der Waals surface area contributed by atoms with Crippen molar-refractivity contribution in [1.29, 1.82) is 0 Å². The van der Waals surface area contributed by atoms with Gasteiger partial charge in [0.05, 0.1) is 27.9 Å². The summed E-state index contributed by atoms with van der Waals surface area (Å²) in [6.07, 6.45) is -1.17. The second kappa shape index (κ2) is 9.35. The molecule has 0 saturated carbocycles. The highest BCUT2D eigenvalue weighted by molar-refractivity contribution is 5.66. The minimum absolute atomic E-state index is 0.0379. The van der Waals surface area contributed by atoms with E-state index < -0.39 is 12.2 Å². The van der Waals surface area contributed by atoms with Gasteiger partial charge in [-0.05, 0) is 41.8 Å². The van der Waals surface area contributed by atoms with E-state index in [1.807, 2.05) is 18.2 Å². The SMILES string of the molecule is COc1cc([C@H]2CC(COC=O)[C@@H](OC(N)=O)c3cc4c(cc32)OCO4)cc(OC)c1OC. The Morgan fingerprint density at radius 3 is 2.21 bits per heavy atom. The first-order chi connectivity index (χ1) is 16.0. The molecular weight excluding hydrogens is 434 g/mol. The highest BCUT2D eigenvalue weighted by atomic mass is 16.7. The first-order valence-corrected chi connectivity index (χ1v) is 10.2. The second-order valence-electron chi connectivity index (χ2n) is 7.63. The molecule has 2 aromatic rings. The molecule has 0 saturated heterocycles. The van der Waals surface area contributed by atoms with Crippen molar-refractivity contribution >= 4 is 12.6 Å². The number of benzene rings is 2. The number of carbonyl (C=O) groups is 2. The molecule has 0 radical (unpaired) electrons. The van der Waals surface area contributed by atoms with Crippen LogP contribution in [0, 0.1) is 5.92 Å². The summed E-state index contributed by atoms with van der Waals surface area (Å²) in [5.74, 6) is 2.05. The maximum absolute atomic E-state index is 11.7. The van der Waals surface area contributed by atoms with E-state index in [1.54, 1.807) is 20.3 Å². The molecule has 1 aliphatic carbocycles. The molecule has 0 fully saturated rings. The number of ether oxygens (including phenoxy) is 7. The summed E-state index contributed by atoms with van der Waals surface area (Å²) in [7, 11) is 4.63. The minimum Gasteiger partial charge on any atom is -0.493 e. The molecule has 3 atom stereocenters. The molecule has 0 aromatic heterocycles. The molecule has 1 heterocycles. The summed E-state index contributed by atoms with van der Waals surface area (Å²) in [6, 6.07) is 7.39. The van der Waals surface area contributed by atoms with Gasteiger partial charge in [0, 0.05) is 17.4 Å². The van der Waals surface area contributed by atoms with Crippen molar-refractivity contribution in [1.82, 2.24) is 0 Å². The van der Waals surface area contributed by atoms with Crippen molar-refractivity contribution in [3.8, 4) is 28.7 Å². The average molecular weight is 459 g/mol. The van der Waals surface area contributed by atoms with Crippen LogP contribution in [0.25, 0.3) is 0 Å². The normalized spacial score (nSPS) is 20.4. The third-order valence-corrected chi connectivity index (χ3v) is 5.94. The first kappa shape index (κ1) is 22.4. The number of hydrogen-bond acceptors (Lipinski definition) is 9. The molecule has 2 aliphatic rings. The molecule has 0 bridgehead atoms. The zero-order valence-corrected chi connectivity index (χ0v) is 18.5. The molecular formula is C23H25NO9. The standard InChI is InChI=1S/C23H25NO9/c1-27-19-5-12(6-20(28-2)22(19)29-3)14-4-13(9-30-10-25)21(33-23(24)26)16-8-18-17(7-15(14)16)31-11-32-18/h5-8,10,13-14,21H,4,9,11H2,1-3H3,(H2,24,26)/t13?,14-,21-/m1/s1. The average Bonchev–Trinajstić information content (AvgIpc) is 3.28. The third-order valence-electron chi connectivity index (χ3n) is 5.94. The first-order valence-electron chi connectivity index (χ1n) is 10.2. The molecule has 176 valence electrons. The molecule has 2 N–H and O–H groups in total. The number of fused-ring (bicyclic) bond motifs is 2. The Kier molecular flexibility index (Phi) is 6.34. The molecule has 10 heteroatoms. The Hall–Kier alpha value is -3.82. The van der Waals surface area contributed by atoms with Crippen molar-refractivity contribution in [3.63, 3.8) is 0 Å². The molecule has 2 aromatic carbocycles. The Balaban J connectivity index is 1.88. The van der Waals surface area contributed by atoms with Crippen molar-refractivity contribution in [3.05, 3.63) is 41.0 Å². The van der Waals surface area contributed by atoms with Gasteiger partial charge < -0.3 is 38.9 Å². The van der Waals surface area contributed by atoms with E-state index in [1.165, 1.54) is 7.11 Å². The van der Waals surface area contributed by atoms with Gasteiger partial charge in [-0.3, -0.25) is 4.79 Å². The van der Waals surface area contributed by atoms with Crippen molar-refractivity contribution in [2.75, 3.05) is 34.7 Å². The van der Waals surface area contributed by atoms with Crippen LogP contribution in [0.2, 0.25) is 0 Å². The second-order valence-corrected chi connectivity index (χ2v) is 7.63. The van der Waals surface area contributed by atoms with E-state index in [2.05, 4.69) is 0 Å². The number of hydrogen-bond donors (Lipinski definition) is 1. The smallest absolute Gasteiger partial charge is 0.405 e.